The highest BCUT2D eigenvalue weighted by atomic mass is 35.5. The molecule has 38 heavy (non-hydrogen) atoms. The molecule has 4 rings (SSSR count). The molecule has 194 valence electrons. The maximum absolute atomic E-state index is 13.2. The smallest absolute Gasteiger partial charge is 0.308 e. The molecule has 10 nitrogen and oxygen atoms in total. The second kappa shape index (κ2) is 12.6. The monoisotopic (exact) mass is 532 g/mol. The van der Waals surface area contributed by atoms with Crippen LogP contribution in [0.15, 0.2) is 79.1 Å². The van der Waals surface area contributed by atoms with Gasteiger partial charge in [0.1, 0.15) is 18.1 Å². The van der Waals surface area contributed by atoms with Crippen LogP contribution in [0.1, 0.15) is 24.5 Å². The highest BCUT2D eigenvalue weighted by molar-refractivity contribution is 6.30. The third kappa shape index (κ3) is 7.47. The number of hydrogen-bond acceptors (Lipinski definition) is 7. The number of benzene rings is 3. The number of tetrazole rings is 1. The van der Waals surface area contributed by atoms with Gasteiger partial charge < -0.3 is 15.4 Å². The van der Waals surface area contributed by atoms with Crippen molar-refractivity contribution in [1.82, 2.24) is 25.5 Å². The lowest BCUT2D eigenvalue weighted by atomic mass is 10.0. The number of nitrogens with zero attached hydrogens (tertiary/aromatic N) is 4. The van der Waals surface area contributed by atoms with E-state index in [0.29, 0.717) is 35.0 Å². The molecular weight excluding hydrogens is 508 g/mol. The van der Waals surface area contributed by atoms with Crippen LogP contribution in [-0.4, -0.2) is 44.0 Å². The average Bonchev–Trinajstić information content (AvgIpc) is 3.43. The van der Waals surface area contributed by atoms with Crippen LogP contribution in [0, 0.1) is 0 Å². The topological polar surface area (TPSA) is 128 Å². The van der Waals surface area contributed by atoms with Gasteiger partial charge in [0.2, 0.25) is 11.8 Å². The van der Waals surface area contributed by atoms with Gasteiger partial charge in [-0.05, 0) is 70.4 Å². The minimum absolute atomic E-state index is 0.116. The van der Waals surface area contributed by atoms with E-state index in [2.05, 4.69) is 26.2 Å². The van der Waals surface area contributed by atoms with Crippen LogP contribution in [0.3, 0.4) is 0 Å². The Balaban J connectivity index is 1.44. The summed E-state index contributed by atoms with van der Waals surface area (Å²) in [6, 6.07) is 20.3. The number of hydrogen-bond donors (Lipinski definition) is 2. The van der Waals surface area contributed by atoms with Gasteiger partial charge in [-0.3, -0.25) is 14.4 Å². The van der Waals surface area contributed by atoms with Crippen molar-refractivity contribution in [1.29, 1.82) is 0 Å². The van der Waals surface area contributed by atoms with Crippen LogP contribution in [-0.2, 0) is 27.2 Å². The van der Waals surface area contributed by atoms with E-state index in [1.807, 2.05) is 30.3 Å². The number of halogens is 1. The zero-order valence-corrected chi connectivity index (χ0v) is 21.3. The van der Waals surface area contributed by atoms with Crippen molar-refractivity contribution < 1.29 is 19.1 Å². The summed E-state index contributed by atoms with van der Waals surface area (Å²) in [5.74, 6) is -0.740. The SMILES string of the molecule is CC(=O)Oc1ccc(NC(=O)[C@H](Cc2ccccc2)NC(=O)CCc2cc(Cl)ccc2-n2cnnn2)cc1. The number of esters is 1. The third-order valence-corrected chi connectivity index (χ3v) is 5.81. The van der Waals surface area contributed by atoms with E-state index in [1.54, 1.807) is 42.5 Å². The van der Waals surface area contributed by atoms with Gasteiger partial charge in [0.05, 0.1) is 5.69 Å². The van der Waals surface area contributed by atoms with Crippen molar-refractivity contribution in [2.24, 2.45) is 0 Å². The van der Waals surface area contributed by atoms with Gasteiger partial charge in [-0.25, -0.2) is 4.68 Å². The molecule has 11 heteroatoms. The lowest BCUT2D eigenvalue weighted by molar-refractivity contribution is -0.131. The largest absolute Gasteiger partial charge is 0.427 e. The molecular formula is C27H25ClN6O4. The normalized spacial score (nSPS) is 11.4. The fourth-order valence-electron chi connectivity index (χ4n) is 3.82. The van der Waals surface area contributed by atoms with Crippen LogP contribution >= 0.6 is 11.6 Å². The van der Waals surface area contributed by atoms with E-state index in [0.717, 1.165) is 11.1 Å². The lowest BCUT2D eigenvalue weighted by Crippen LogP contribution is -2.45. The summed E-state index contributed by atoms with van der Waals surface area (Å²) in [5, 5.41) is 17.4. The quantitative estimate of drug-likeness (QED) is 0.236. The minimum atomic E-state index is -0.823. The first-order valence-corrected chi connectivity index (χ1v) is 12.2. The third-order valence-electron chi connectivity index (χ3n) is 5.58. The predicted molar refractivity (Wildman–Crippen MR) is 141 cm³/mol. The van der Waals surface area contributed by atoms with Crippen LogP contribution in [0.25, 0.3) is 5.69 Å². The summed E-state index contributed by atoms with van der Waals surface area (Å²) in [6.07, 6.45) is 2.24. The van der Waals surface area contributed by atoms with Crippen molar-refractivity contribution >= 4 is 35.1 Å². The molecule has 3 aromatic carbocycles. The molecule has 0 unspecified atom stereocenters. The summed E-state index contributed by atoms with van der Waals surface area (Å²) in [7, 11) is 0. The molecule has 0 aliphatic carbocycles. The zero-order chi connectivity index (χ0) is 26.9. The highest BCUT2D eigenvalue weighted by Crippen LogP contribution is 2.21. The van der Waals surface area contributed by atoms with E-state index in [9.17, 15) is 14.4 Å². The second-order valence-electron chi connectivity index (χ2n) is 8.44. The van der Waals surface area contributed by atoms with E-state index < -0.39 is 12.0 Å². The van der Waals surface area contributed by atoms with Crippen molar-refractivity contribution in [2.45, 2.75) is 32.2 Å². The zero-order valence-electron chi connectivity index (χ0n) is 20.5. The molecule has 0 aliphatic heterocycles. The number of aromatic nitrogens is 4. The number of aryl methyl sites for hydroxylation is 1. The summed E-state index contributed by atoms with van der Waals surface area (Å²) in [5.41, 5.74) is 2.90. The van der Waals surface area contributed by atoms with Crippen LogP contribution in [0.4, 0.5) is 5.69 Å². The number of anilines is 1. The Kier molecular flexibility index (Phi) is 8.78. The first-order chi connectivity index (χ1) is 18.4. The molecule has 0 aliphatic rings. The van der Waals surface area contributed by atoms with E-state index in [4.69, 9.17) is 16.3 Å². The Labute approximate surface area is 224 Å². The molecule has 0 fully saturated rings. The number of rotatable bonds is 10. The summed E-state index contributed by atoms with van der Waals surface area (Å²) in [6.45, 7) is 1.31. The molecule has 1 heterocycles. The van der Waals surface area contributed by atoms with Crippen molar-refractivity contribution in [3.05, 3.63) is 95.3 Å². The molecule has 0 bridgehead atoms. The van der Waals surface area contributed by atoms with Crippen LogP contribution in [0.2, 0.25) is 5.02 Å². The first-order valence-electron chi connectivity index (χ1n) is 11.8. The van der Waals surface area contributed by atoms with Crippen molar-refractivity contribution in [3.63, 3.8) is 0 Å². The van der Waals surface area contributed by atoms with Crippen LogP contribution < -0.4 is 15.4 Å². The fourth-order valence-corrected chi connectivity index (χ4v) is 4.02. The molecule has 0 spiro atoms. The Morgan fingerprint density at radius 3 is 2.47 bits per heavy atom. The van der Waals surface area contributed by atoms with E-state index in [1.165, 1.54) is 17.9 Å². The number of ether oxygens (including phenoxy) is 1. The van der Waals surface area contributed by atoms with Gasteiger partial charge in [0.15, 0.2) is 0 Å². The van der Waals surface area contributed by atoms with Gasteiger partial charge in [-0.15, -0.1) is 5.10 Å². The maximum atomic E-state index is 13.2. The van der Waals surface area contributed by atoms with Crippen molar-refractivity contribution in [2.75, 3.05) is 5.32 Å². The highest BCUT2D eigenvalue weighted by Gasteiger charge is 2.22. The van der Waals surface area contributed by atoms with E-state index >= 15 is 0 Å². The van der Waals surface area contributed by atoms with Gasteiger partial charge in [0, 0.05) is 30.5 Å². The number of carbonyl (C=O) groups is 3. The van der Waals surface area contributed by atoms with Gasteiger partial charge in [-0.1, -0.05) is 41.9 Å². The maximum Gasteiger partial charge on any atom is 0.308 e. The van der Waals surface area contributed by atoms with Gasteiger partial charge in [0.25, 0.3) is 0 Å². The Morgan fingerprint density at radius 1 is 1.03 bits per heavy atom. The van der Waals surface area contributed by atoms with Gasteiger partial charge in [-0.2, -0.15) is 0 Å². The Morgan fingerprint density at radius 2 is 1.79 bits per heavy atom. The summed E-state index contributed by atoms with van der Waals surface area (Å²) >= 11 is 6.18. The molecule has 4 aromatic rings. The summed E-state index contributed by atoms with van der Waals surface area (Å²) in [4.78, 5) is 37.3. The number of carbonyl (C=O) groups excluding carboxylic acids is 3. The molecule has 1 atom stereocenters. The standard InChI is InChI=1S/C27H25ClN6O4/c1-18(35)38-23-11-9-22(10-12-23)30-27(37)24(15-19-5-3-2-4-6-19)31-26(36)14-7-20-16-21(28)8-13-25(20)34-17-29-32-33-34/h2-6,8-13,16-17,24H,7,14-15H2,1H3,(H,30,37)(H,31,36)/t24-/m0/s1. The number of nitrogens with one attached hydrogen (secondary N) is 2. The summed E-state index contributed by atoms with van der Waals surface area (Å²) < 4.78 is 6.53. The Bertz CT molecular complexity index is 1400. The van der Waals surface area contributed by atoms with Crippen molar-refractivity contribution in [3.8, 4) is 11.4 Å². The Hall–Kier alpha value is -4.57. The number of amides is 2. The molecule has 0 saturated carbocycles. The predicted octanol–water partition coefficient (Wildman–Crippen LogP) is 3.54. The van der Waals surface area contributed by atoms with Crippen LogP contribution in [0.5, 0.6) is 5.75 Å². The second-order valence-corrected chi connectivity index (χ2v) is 8.88. The molecule has 2 amide bonds. The van der Waals surface area contributed by atoms with Gasteiger partial charge >= 0.3 is 5.97 Å². The molecule has 2 N–H and O–H groups in total. The first kappa shape index (κ1) is 26.5. The minimum Gasteiger partial charge on any atom is -0.427 e. The molecule has 0 radical (unpaired) electrons. The molecule has 1 aromatic heterocycles. The lowest BCUT2D eigenvalue weighted by Gasteiger charge is -2.19. The fraction of sp³-hybridized carbons (Fsp3) is 0.185. The average molecular weight is 533 g/mol. The van der Waals surface area contributed by atoms with E-state index in [-0.39, 0.29) is 18.2 Å². The molecule has 0 saturated heterocycles.